The first-order valence-electron chi connectivity index (χ1n) is 30.6. The van der Waals surface area contributed by atoms with E-state index in [1.165, 1.54) is 0 Å². The fraction of sp³-hybridized carbons (Fsp3) is 0.297. The number of Topliss-reactive ketones (excluding diaryl/α,β-unsaturated/α-hetero) is 3. The largest absolute Gasteiger partial charge is 0.506 e. The van der Waals surface area contributed by atoms with Gasteiger partial charge < -0.3 is 30.9 Å². The normalized spacial score (nSPS) is 19.7. The third-order valence-electron chi connectivity index (χ3n) is 17.8. The second kappa shape index (κ2) is 20.8. The second-order valence-corrected chi connectivity index (χ2v) is 25.8. The van der Waals surface area contributed by atoms with E-state index in [4.69, 9.17) is 9.98 Å². The Morgan fingerprint density at radius 1 is 0.535 bits per heavy atom. The van der Waals surface area contributed by atoms with Crippen molar-refractivity contribution in [2.45, 2.75) is 113 Å². The number of benzene rings is 6. The number of rotatable bonds is 14. The molecule has 4 heterocycles. The fourth-order valence-corrected chi connectivity index (χ4v) is 14.6. The zero-order valence-electron chi connectivity index (χ0n) is 50.6. The zero-order valence-corrected chi connectivity index (χ0v) is 50.6. The molecule has 6 aliphatic rings. The molecule has 0 bridgehead atoms. The van der Waals surface area contributed by atoms with E-state index in [0.717, 1.165) is 44.3 Å². The number of aromatic nitrogens is 1. The Hall–Kier alpha value is -9.16. The van der Waals surface area contributed by atoms with Crippen molar-refractivity contribution in [2.75, 3.05) is 22.1 Å². The summed E-state index contributed by atoms with van der Waals surface area (Å²) in [5.74, 6) is -0.574. The summed E-state index contributed by atoms with van der Waals surface area (Å²) in [4.78, 5) is 58.1. The molecule has 3 aliphatic carbocycles. The van der Waals surface area contributed by atoms with Gasteiger partial charge >= 0.3 is 0 Å². The number of carbonyl (C=O) groups is 3. The number of likely N-dealkylation sites (N-methyl/N-ethyl adjacent to an activating group) is 1. The number of pyridine rings is 1. The smallest absolute Gasteiger partial charge is 0.212 e. The van der Waals surface area contributed by atoms with Gasteiger partial charge in [0.25, 0.3) is 0 Å². The highest BCUT2D eigenvalue weighted by molar-refractivity contribution is 6.52. The average Bonchev–Trinajstić information content (AvgIpc) is 0.835. The molecule has 0 unspecified atom stereocenters. The number of aliphatic hydroxyl groups excluding tert-OH is 3. The van der Waals surface area contributed by atoms with Crippen molar-refractivity contribution in [2.24, 2.45) is 33.7 Å². The molecule has 0 atom stereocenters. The maximum atomic E-state index is 15.5. The molecule has 0 fully saturated rings. The van der Waals surface area contributed by atoms with E-state index in [9.17, 15) is 24.9 Å². The quantitative estimate of drug-likeness (QED) is 0.0526. The summed E-state index contributed by atoms with van der Waals surface area (Å²) in [5.41, 5.74) is 6.37. The Labute approximate surface area is 500 Å². The molecule has 0 saturated carbocycles. The van der Waals surface area contributed by atoms with Crippen molar-refractivity contribution < 1.29 is 34.3 Å². The van der Waals surface area contributed by atoms with Gasteiger partial charge in [-0.25, -0.2) is 0 Å². The van der Waals surface area contributed by atoms with Crippen LogP contribution < -0.4 is 41.3 Å². The zero-order chi connectivity index (χ0) is 60.4. The van der Waals surface area contributed by atoms with Gasteiger partial charge in [-0.2, -0.15) is 4.57 Å². The topological polar surface area (TPSA) is 168 Å². The summed E-state index contributed by atoms with van der Waals surface area (Å²) in [7, 11) is 0. The Balaban J connectivity index is 1.00. The lowest BCUT2D eigenvalue weighted by molar-refractivity contribution is -0.669. The van der Waals surface area contributed by atoms with Crippen molar-refractivity contribution in [1.82, 2.24) is 0 Å². The minimum Gasteiger partial charge on any atom is -0.506 e. The highest BCUT2D eigenvalue weighted by Crippen LogP contribution is 2.48. The number of anilines is 3. The van der Waals surface area contributed by atoms with Gasteiger partial charge in [0.05, 0.1) is 55.5 Å². The molecule has 0 radical (unpaired) electrons. The highest BCUT2D eigenvalue weighted by atomic mass is 16.3. The molecule has 0 saturated heterocycles. The number of ketones is 3. The number of aryl methyl sites for hydroxylation is 1. The summed E-state index contributed by atoms with van der Waals surface area (Å²) < 4.78 is 2.13. The molecule has 434 valence electrons. The first-order valence-corrected chi connectivity index (χ1v) is 30.6. The first kappa shape index (κ1) is 56.0. The Morgan fingerprint density at radius 3 is 1.57 bits per heavy atom. The number of para-hydroxylation sites is 2. The Kier molecular flexibility index (Phi) is 13.6. The summed E-state index contributed by atoms with van der Waals surface area (Å²) in [5, 5.41) is 50.8. The predicted molar refractivity (Wildman–Crippen MR) is 345 cm³/mol. The fourth-order valence-electron chi connectivity index (χ4n) is 14.6. The Morgan fingerprint density at radius 2 is 1.05 bits per heavy atom. The molecule has 6 aromatic carbocycles. The maximum Gasteiger partial charge on any atom is 0.212 e. The van der Waals surface area contributed by atoms with Crippen LogP contribution in [0, 0.1) is 23.7 Å². The maximum absolute atomic E-state index is 15.5. The molecule has 0 spiro atoms. The van der Waals surface area contributed by atoms with Crippen molar-refractivity contribution in [3.63, 3.8) is 0 Å². The molecular weight excluding hydrogens is 1070 g/mol. The van der Waals surface area contributed by atoms with Crippen molar-refractivity contribution >= 4 is 101 Å². The molecule has 7 aromatic rings. The van der Waals surface area contributed by atoms with Gasteiger partial charge in [0.2, 0.25) is 28.6 Å². The molecule has 12 nitrogen and oxygen atoms in total. The summed E-state index contributed by atoms with van der Waals surface area (Å²) in [6, 6.07) is 35.4. The van der Waals surface area contributed by atoms with Gasteiger partial charge in [0.15, 0.2) is 0 Å². The number of hydrogen-bond acceptors (Lipinski definition) is 11. The molecule has 0 amide bonds. The van der Waals surface area contributed by atoms with Gasteiger partial charge in [-0.3, -0.25) is 24.4 Å². The van der Waals surface area contributed by atoms with E-state index in [0.29, 0.717) is 93.2 Å². The number of fused-ring (bicyclic) bond motifs is 2. The number of nitrogens with zero attached hydrogens (tertiary/aromatic N) is 4. The average molecular weight is 1140 g/mol. The van der Waals surface area contributed by atoms with Crippen LogP contribution >= 0.6 is 0 Å². The monoisotopic (exact) mass is 1140 g/mol. The van der Waals surface area contributed by atoms with Crippen molar-refractivity contribution in [1.29, 1.82) is 0 Å². The van der Waals surface area contributed by atoms with Crippen LogP contribution in [0.4, 0.5) is 17.1 Å². The molecule has 3 aliphatic heterocycles. The van der Waals surface area contributed by atoms with Crippen LogP contribution in [0.3, 0.4) is 0 Å². The number of aliphatic hydroxyl groups is 3. The van der Waals surface area contributed by atoms with Gasteiger partial charge in [-0.15, -0.1) is 0 Å². The van der Waals surface area contributed by atoms with Crippen LogP contribution in [0.5, 0.6) is 0 Å². The molecule has 12 heteroatoms. The van der Waals surface area contributed by atoms with E-state index in [2.05, 4.69) is 114 Å². The lowest BCUT2D eigenvalue weighted by Gasteiger charge is -2.40. The minimum absolute atomic E-state index is 0.0894. The van der Waals surface area contributed by atoms with E-state index < -0.39 is 11.3 Å². The van der Waals surface area contributed by atoms with Crippen LogP contribution in [0.2, 0.25) is 0 Å². The molecule has 86 heavy (non-hydrogen) atoms. The predicted octanol–water partition coefficient (Wildman–Crippen LogP) is 12.7. The van der Waals surface area contributed by atoms with Gasteiger partial charge in [-0.1, -0.05) is 140 Å². The molecule has 13 rings (SSSR count). The molecular formula is C74H73N6O6+. The number of hydrogen-bond donors (Lipinski definition) is 5. The van der Waals surface area contributed by atoms with E-state index >= 15 is 4.79 Å². The lowest BCUT2D eigenvalue weighted by atomic mass is 9.78. The van der Waals surface area contributed by atoms with Crippen LogP contribution in [-0.4, -0.2) is 50.5 Å². The van der Waals surface area contributed by atoms with Crippen LogP contribution in [0.25, 0.3) is 66.9 Å². The minimum atomic E-state index is -0.891. The van der Waals surface area contributed by atoms with E-state index in [1.807, 2.05) is 97.1 Å². The highest BCUT2D eigenvalue weighted by Gasteiger charge is 2.45. The van der Waals surface area contributed by atoms with E-state index in [1.54, 1.807) is 12.2 Å². The van der Waals surface area contributed by atoms with Crippen LogP contribution in [-0.2, 0) is 20.9 Å². The van der Waals surface area contributed by atoms with Crippen molar-refractivity contribution in [3.05, 3.63) is 199 Å². The summed E-state index contributed by atoms with van der Waals surface area (Å²) >= 11 is 0. The van der Waals surface area contributed by atoms with Crippen LogP contribution in [0.1, 0.15) is 117 Å². The summed E-state index contributed by atoms with van der Waals surface area (Å²) in [6.07, 6.45) is 10.00. The summed E-state index contributed by atoms with van der Waals surface area (Å²) in [6.45, 7) is 22.7. The van der Waals surface area contributed by atoms with Crippen molar-refractivity contribution in [3.8, 4) is 0 Å². The van der Waals surface area contributed by atoms with Gasteiger partial charge in [0, 0.05) is 73.9 Å². The number of nitrogens with one attached hydrogen (secondary N) is 2. The molecule has 1 aromatic heterocycles. The first-order chi connectivity index (χ1) is 41.2. The Bertz CT molecular complexity index is 4660. The second-order valence-electron chi connectivity index (χ2n) is 25.8. The van der Waals surface area contributed by atoms with Gasteiger partial charge in [-0.05, 0) is 110 Å². The number of carbonyl (C=O) groups excluding carboxylic acids is 3. The van der Waals surface area contributed by atoms with Gasteiger partial charge in [0.1, 0.15) is 35.1 Å². The van der Waals surface area contributed by atoms with E-state index in [-0.39, 0.29) is 91.7 Å². The molecule has 5 N–H and O–H groups in total. The lowest BCUT2D eigenvalue weighted by Crippen LogP contribution is -2.48. The third-order valence-corrected chi connectivity index (χ3v) is 17.8. The third kappa shape index (κ3) is 8.84. The standard InChI is InChI=1S/C74H72N6O6/c1-11-79-47(27-21-43-17-13-15-19-55(43)79)33-53-67(81)59(68(53)82)49-29-23-45-25-31-51(65-57(45)63(49)75-73(77-65,35-39(3)4)36-40(5)6)61-71(85)62(72(61)86)52-32-26-46-24-30-50(64-58(46)66(52)78-74(76-64,37-41(7)8)38-42(9)10)60-69(83)54(70(60)84)34-48-28-22-44-18-14-16-20-56(44)80(48)12-2/h13-34,39-42H,11-12,35-38H2,1-10H3,(H4,75,76,77,78,81,82,83,84,85,86)/p+1/b47-33+. The SMILES string of the molecule is CCN1/C(=C/C2=C(O)C(=c3\ccc4ccc(C5=C(O)/C(=c6\ccc7ccc(C8=C(O)/C(=C/c9ccc%10ccccc%10[n+]9CC)C8=O)c8c7c6=NC(CC(C)C)(CC(C)C)N8)C5=O)c5c4c3=NC(CC(C)C)(CC(C)C)N5)/C2=O)C=Cc2ccccc21. The number of allylic oxidation sites excluding steroid dienone is 8. The van der Waals surface area contributed by atoms with Crippen LogP contribution in [0.15, 0.2) is 165 Å².